The molecule has 2 fully saturated rings. The van der Waals surface area contributed by atoms with Gasteiger partial charge < -0.3 is 14.2 Å². The van der Waals surface area contributed by atoms with E-state index in [0.717, 1.165) is 11.1 Å². The van der Waals surface area contributed by atoms with Crippen LogP contribution in [0.25, 0.3) is 0 Å². The molecule has 0 bridgehead atoms. The predicted molar refractivity (Wildman–Crippen MR) is 128 cm³/mol. The topological polar surface area (TPSA) is 94.2 Å². The van der Waals surface area contributed by atoms with E-state index in [1.54, 1.807) is 25.1 Å². The second kappa shape index (κ2) is 9.00. The average Bonchev–Trinajstić information content (AvgIpc) is 3.33. The van der Waals surface area contributed by atoms with Gasteiger partial charge in [-0.15, -0.1) is 0 Å². The smallest absolute Gasteiger partial charge is 0.327 e. The summed E-state index contributed by atoms with van der Waals surface area (Å²) in [6, 6.07) is 12.3. The highest BCUT2D eigenvalue weighted by atomic mass is 16.6. The van der Waals surface area contributed by atoms with Crippen molar-refractivity contribution in [3.05, 3.63) is 53.6 Å². The van der Waals surface area contributed by atoms with Gasteiger partial charge in [0, 0.05) is 12.1 Å². The van der Waals surface area contributed by atoms with Crippen LogP contribution in [0, 0.1) is 18.8 Å². The molecule has 2 amide bonds. The summed E-state index contributed by atoms with van der Waals surface area (Å²) in [4.78, 5) is 42.6. The van der Waals surface area contributed by atoms with Gasteiger partial charge in [-0.3, -0.25) is 19.7 Å². The Morgan fingerprint density at radius 3 is 2.54 bits per heavy atom. The molecule has 1 N–H and O–H groups in total. The summed E-state index contributed by atoms with van der Waals surface area (Å²) in [6.45, 7) is 6.69. The van der Waals surface area contributed by atoms with Crippen molar-refractivity contribution in [2.24, 2.45) is 11.8 Å². The van der Waals surface area contributed by atoms with Crippen LogP contribution in [0.1, 0.15) is 43.9 Å². The van der Waals surface area contributed by atoms with Gasteiger partial charge in [0.05, 0.1) is 24.1 Å². The zero-order valence-electron chi connectivity index (χ0n) is 20.2. The molecule has 0 spiro atoms. The number of hydrogen-bond donors (Lipinski definition) is 1. The number of esters is 1. The van der Waals surface area contributed by atoms with Gasteiger partial charge in [-0.25, -0.2) is 4.90 Å². The zero-order chi connectivity index (χ0) is 24.7. The van der Waals surface area contributed by atoms with E-state index in [0.29, 0.717) is 43.2 Å². The first-order chi connectivity index (χ1) is 16.9. The molecule has 8 nitrogen and oxygen atoms in total. The molecule has 2 aromatic carbocycles. The third-order valence-corrected chi connectivity index (χ3v) is 7.25. The maximum absolute atomic E-state index is 14.0. The highest BCUT2D eigenvalue weighted by molar-refractivity contribution is 6.24. The second-order valence-electron chi connectivity index (χ2n) is 9.26. The molecule has 3 aliphatic heterocycles. The number of benzene rings is 2. The van der Waals surface area contributed by atoms with E-state index in [9.17, 15) is 14.4 Å². The van der Waals surface area contributed by atoms with Crippen molar-refractivity contribution in [2.45, 2.75) is 45.2 Å². The lowest BCUT2D eigenvalue weighted by Gasteiger charge is -2.33. The maximum Gasteiger partial charge on any atom is 0.327 e. The van der Waals surface area contributed by atoms with E-state index in [2.05, 4.69) is 5.32 Å². The first kappa shape index (κ1) is 23.4. The number of hydrogen-bond acceptors (Lipinski definition) is 7. The van der Waals surface area contributed by atoms with Crippen molar-refractivity contribution < 1.29 is 28.6 Å². The Bertz CT molecular complexity index is 1180. The minimum atomic E-state index is -1.29. The lowest BCUT2D eigenvalue weighted by atomic mass is 9.76. The number of nitrogens with one attached hydrogen (secondary N) is 1. The Balaban J connectivity index is 1.63. The molecule has 0 aliphatic carbocycles. The molecule has 184 valence electrons. The van der Waals surface area contributed by atoms with Gasteiger partial charge in [0.1, 0.15) is 18.8 Å². The largest absolute Gasteiger partial charge is 0.486 e. The molecule has 5 rings (SSSR count). The Hall–Kier alpha value is -3.39. The van der Waals surface area contributed by atoms with Crippen LogP contribution in [-0.2, 0) is 19.1 Å². The summed E-state index contributed by atoms with van der Waals surface area (Å²) < 4.78 is 16.8. The van der Waals surface area contributed by atoms with Crippen LogP contribution in [0.15, 0.2) is 42.5 Å². The van der Waals surface area contributed by atoms with Crippen molar-refractivity contribution in [1.29, 1.82) is 0 Å². The quantitative estimate of drug-likeness (QED) is 0.503. The number of nitrogens with zero attached hydrogens (tertiary/aromatic N) is 1. The van der Waals surface area contributed by atoms with Crippen LogP contribution in [0.3, 0.4) is 0 Å². The van der Waals surface area contributed by atoms with Crippen molar-refractivity contribution in [3.63, 3.8) is 0 Å². The summed E-state index contributed by atoms with van der Waals surface area (Å²) in [5, 5.41) is 3.44. The highest BCUT2D eigenvalue weighted by Gasteiger charge is 2.68. The molecule has 0 saturated carbocycles. The number of rotatable bonds is 6. The predicted octanol–water partition coefficient (Wildman–Crippen LogP) is 3.32. The maximum atomic E-state index is 14.0. The summed E-state index contributed by atoms with van der Waals surface area (Å²) in [7, 11) is 0. The van der Waals surface area contributed by atoms with Gasteiger partial charge in [0.25, 0.3) is 0 Å². The molecule has 8 heteroatoms. The zero-order valence-corrected chi connectivity index (χ0v) is 20.2. The standard InChI is InChI=1S/C27H30N2O6/c1-4-12-27(26(32)33-5-2)22-21(23(28-27)18-9-7-6-8-16(18)3)24(30)29(25(22)31)17-10-11-19-20(15-17)35-14-13-34-19/h6-11,15,21-23,28H,4-5,12-14H2,1-3H3/t21-,22+,23+,27-/m0/s1. The van der Waals surface area contributed by atoms with Gasteiger partial charge in [-0.1, -0.05) is 37.6 Å². The van der Waals surface area contributed by atoms with Crippen molar-refractivity contribution >= 4 is 23.5 Å². The SMILES string of the molecule is CCC[C@]1(C(=O)OCC)N[C@H](c2ccccc2C)[C@H]2C(=O)N(c3ccc4c(c3)OCCO4)C(=O)[C@@H]21. The molecule has 0 radical (unpaired) electrons. The van der Waals surface area contributed by atoms with E-state index in [1.165, 1.54) is 4.90 Å². The van der Waals surface area contributed by atoms with E-state index >= 15 is 0 Å². The van der Waals surface area contributed by atoms with Crippen LogP contribution >= 0.6 is 0 Å². The van der Waals surface area contributed by atoms with Crippen LogP contribution in [0.5, 0.6) is 11.5 Å². The van der Waals surface area contributed by atoms with E-state index < -0.39 is 35.3 Å². The van der Waals surface area contributed by atoms with Crippen molar-refractivity contribution in [2.75, 3.05) is 24.7 Å². The van der Waals surface area contributed by atoms with Crippen LogP contribution < -0.4 is 19.7 Å². The Morgan fingerprint density at radius 2 is 1.83 bits per heavy atom. The molecule has 4 atom stereocenters. The Morgan fingerprint density at radius 1 is 1.09 bits per heavy atom. The summed E-state index contributed by atoms with van der Waals surface area (Å²) in [5.41, 5.74) is 1.00. The fraction of sp³-hybridized carbons (Fsp3) is 0.444. The fourth-order valence-corrected chi connectivity index (χ4v) is 5.80. The second-order valence-corrected chi connectivity index (χ2v) is 9.26. The lowest BCUT2D eigenvalue weighted by Crippen LogP contribution is -2.56. The molecule has 2 aromatic rings. The summed E-state index contributed by atoms with van der Waals surface area (Å²) in [6.07, 6.45) is 1.02. The number of carbonyl (C=O) groups is 3. The van der Waals surface area contributed by atoms with E-state index in [-0.39, 0.29) is 12.5 Å². The van der Waals surface area contributed by atoms with E-state index in [1.807, 2.05) is 38.1 Å². The minimum Gasteiger partial charge on any atom is -0.486 e. The van der Waals surface area contributed by atoms with Crippen molar-refractivity contribution in [1.82, 2.24) is 5.32 Å². The average molecular weight is 479 g/mol. The first-order valence-electron chi connectivity index (χ1n) is 12.2. The van der Waals surface area contributed by atoms with Crippen LogP contribution in [0.4, 0.5) is 5.69 Å². The van der Waals surface area contributed by atoms with Crippen LogP contribution in [0.2, 0.25) is 0 Å². The molecular formula is C27H30N2O6. The monoisotopic (exact) mass is 478 g/mol. The molecule has 3 heterocycles. The highest BCUT2D eigenvalue weighted by Crippen LogP contribution is 2.52. The summed E-state index contributed by atoms with van der Waals surface area (Å²) >= 11 is 0. The van der Waals surface area contributed by atoms with E-state index in [4.69, 9.17) is 14.2 Å². The number of anilines is 1. The summed E-state index contributed by atoms with van der Waals surface area (Å²) in [5.74, 6) is -1.78. The third kappa shape index (κ3) is 3.58. The molecule has 35 heavy (non-hydrogen) atoms. The van der Waals surface area contributed by atoms with Gasteiger partial charge in [0.2, 0.25) is 11.8 Å². The molecule has 2 saturated heterocycles. The van der Waals surface area contributed by atoms with Gasteiger partial charge in [-0.2, -0.15) is 0 Å². The molecule has 0 unspecified atom stereocenters. The molecule has 0 aromatic heterocycles. The Kier molecular flexibility index (Phi) is 6.01. The number of carbonyl (C=O) groups excluding carboxylic acids is 3. The van der Waals surface area contributed by atoms with Crippen LogP contribution in [-0.4, -0.2) is 43.1 Å². The Labute approximate surface area is 204 Å². The lowest BCUT2D eigenvalue weighted by molar-refractivity contribution is -0.155. The number of amides is 2. The number of imide groups is 1. The molecular weight excluding hydrogens is 448 g/mol. The minimum absolute atomic E-state index is 0.187. The van der Waals surface area contributed by atoms with Gasteiger partial charge in [-0.05, 0) is 43.5 Å². The van der Waals surface area contributed by atoms with Crippen molar-refractivity contribution in [3.8, 4) is 11.5 Å². The van der Waals surface area contributed by atoms with Gasteiger partial charge in [0.15, 0.2) is 11.5 Å². The molecule has 3 aliphatic rings. The van der Waals surface area contributed by atoms with Gasteiger partial charge >= 0.3 is 5.97 Å². The number of ether oxygens (including phenoxy) is 3. The fourth-order valence-electron chi connectivity index (χ4n) is 5.80. The number of aryl methyl sites for hydroxylation is 1. The first-order valence-corrected chi connectivity index (χ1v) is 12.2. The normalized spacial score (nSPS) is 27.2. The number of fused-ring (bicyclic) bond motifs is 2. The third-order valence-electron chi connectivity index (χ3n) is 7.25.